The molecule has 3 aromatic heterocycles. The van der Waals surface area contributed by atoms with Gasteiger partial charge < -0.3 is 20.9 Å². The van der Waals surface area contributed by atoms with E-state index in [1.165, 1.54) is 0 Å². The molecule has 2 aliphatic rings. The van der Waals surface area contributed by atoms with Crippen molar-refractivity contribution in [3.05, 3.63) is 35.2 Å². The van der Waals surface area contributed by atoms with Gasteiger partial charge >= 0.3 is 0 Å². The molecule has 1 aliphatic carbocycles. The van der Waals surface area contributed by atoms with Crippen LogP contribution in [0.3, 0.4) is 0 Å². The first kappa shape index (κ1) is 24.0. The average Bonchev–Trinajstić information content (AvgIpc) is 3.47. The molecule has 4 aromatic rings. The van der Waals surface area contributed by atoms with Gasteiger partial charge in [0.15, 0.2) is 5.65 Å². The normalized spacial score (nSPS) is 22.0. The fourth-order valence-electron chi connectivity index (χ4n) is 5.33. The molecule has 2 atom stereocenters. The highest BCUT2D eigenvalue weighted by molar-refractivity contribution is 9.10. The van der Waals surface area contributed by atoms with Crippen LogP contribution in [0.25, 0.3) is 27.6 Å². The van der Waals surface area contributed by atoms with E-state index in [0.717, 1.165) is 73.4 Å². The van der Waals surface area contributed by atoms with Crippen LogP contribution in [0.5, 0.6) is 0 Å². The maximum absolute atomic E-state index is 12.3. The molecule has 1 amide bonds. The lowest BCUT2D eigenvalue weighted by atomic mass is 9.87. The van der Waals surface area contributed by atoms with E-state index >= 15 is 0 Å². The first-order chi connectivity index (χ1) is 17.9. The quantitative estimate of drug-likeness (QED) is 0.335. The number of amides is 1. The Labute approximate surface area is 222 Å². The second kappa shape index (κ2) is 9.49. The van der Waals surface area contributed by atoms with Crippen LogP contribution in [0.15, 0.2) is 35.2 Å². The molecule has 4 heterocycles. The van der Waals surface area contributed by atoms with Gasteiger partial charge in [-0.2, -0.15) is 10.1 Å². The van der Waals surface area contributed by atoms with Crippen molar-refractivity contribution in [1.29, 1.82) is 0 Å². The van der Waals surface area contributed by atoms with Gasteiger partial charge in [-0.15, -0.1) is 0 Å². The minimum Gasteiger partial charge on any atom is -0.359 e. The molecule has 1 saturated heterocycles. The lowest BCUT2D eigenvalue weighted by Crippen LogP contribution is -2.44. The number of carbonyl (C=O) groups excluding carboxylic acids is 1. The van der Waals surface area contributed by atoms with Gasteiger partial charge in [0.05, 0.1) is 16.6 Å². The highest BCUT2D eigenvalue weighted by Crippen LogP contribution is 2.39. The molecule has 12 heteroatoms. The third-order valence-electron chi connectivity index (χ3n) is 7.42. The number of halogens is 1. The summed E-state index contributed by atoms with van der Waals surface area (Å²) in [5.74, 6) is 1.37. The van der Waals surface area contributed by atoms with Crippen LogP contribution in [-0.2, 0) is 4.79 Å². The van der Waals surface area contributed by atoms with Gasteiger partial charge in [0.1, 0.15) is 4.60 Å². The molecule has 0 bridgehead atoms. The minimum atomic E-state index is -0.376. The van der Waals surface area contributed by atoms with E-state index in [0.29, 0.717) is 16.2 Å². The van der Waals surface area contributed by atoms with E-state index in [1.54, 1.807) is 17.9 Å². The summed E-state index contributed by atoms with van der Waals surface area (Å²) in [6.07, 6.45) is 6.09. The third kappa shape index (κ3) is 4.48. The van der Waals surface area contributed by atoms with Crippen molar-refractivity contribution in [2.45, 2.75) is 32.2 Å². The predicted octanol–water partition coefficient (Wildman–Crippen LogP) is 2.65. The number of benzene rings is 1. The molecule has 1 aromatic carbocycles. The van der Waals surface area contributed by atoms with E-state index in [9.17, 15) is 4.79 Å². The molecule has 192 valence electrons. The SMILES string of the molecule is CNC(=O)[C@]1(C)CC[C@@H](Nc2ncc3c(Br)nn(-c4ccc5nc(N6CCNCC6)ncc5c4)c3n2)C1. The Balaban J connectivity index is 1.28. The second-order valence-electron chi connectivity index (χ2n) is 10.0. The molecule has 3 N–H and O–H groups in total. The maximum atomic E-state index is 12.3. The zero-order valence-corrected chi connectivity index (χ0v) is 22.4. The van der Waals surface area contributed by atoms with Crippen molar-refractivity contribution in [2.75, 3.05) is 43.4 Å². The van der Waals surface area contributed by atoms with Crippen molar-refractivity contribution in [3.63, 3.8) is 0 Å². The molecule has 1 saturated carbocycles. The Morgan fingerprint density at radius 1 is 1.19 bits per heavy atom. The molecule has 0 unspecified atom stereocenters. The lowest BCUT2D eigenvalue weighted by molar-refractivity contribution is -0.129. The van der Waals surface area contributed by atoms with Gasteiger partial charge in [-0.25, -0.2) is 19.6 Å². The number of carbonyl (C=O) groups is 1. The summed E-state index contributed by atoms with van der Waals surface area (Å²) in [5.41, 5.74) is 2.06. The number of nitrogens with one attached hydrogen (secondary N) is 3. The number of piperazine rings is 1. The highest BCUT2D eigenvalue weighted by atomic mass is 79.9. The third-order valence-corrected chi connectivity index (χ3v) is 8.01. The Hall–Kier alpha value is -3.38. The number of anilines is 2. The van der Waals surface area contributed by atoms with E-state index in [4.69, 9.17) is 9.97 Å². The average molecular weight is 565 g/mol. The van der Waals surface area contributed by atoms with E-state index in [1.807, 2.05) is 31.3 Å². The van der Waals surface area contributed by atoms with Gasteiger partial charge in [-0.05, 0) is 53.4 Å². The van der Waals surface area contributed by atoms with Gasteiger partial charge in [0.25, 0.3) is 0 Å². The van der Waals surface area contributed by atoms with Crippen molar-refractivity contribution in [3.8, 4) is 5.69 Å². The zero-order chi connectivity index (χ0) is 25.6. The maximum Gasteiger partial charge on any atom is 0.225 e. The van der Waals surface area contributed by atoms with Crippen LogP contribution < -0.4 is 20.9 Å². The van der Waals surface area contributed by atoms with Gasteiger partial charge in [0.2, 0.25) is 17.8 Å². The highest BCUT2D eigenvalue weighted by Gasteiger charge is 2.41. The summed E-state index contributed by atoms with van der Waals surface area (Å²) in [5, 5.41) is 16.0. The molecular formula is C25H29BrN10O. The summed E-state index contributed by atoms with van der Waals surface area (Å²) in [6.45, 7) is 5.69. The minimum absolute atomic E-state index is 0.0792. The van der Waals surface area contributed by atoms with E-state index < -0.39 is 0 Å². The first-order valence-electron chi connectivity index (χ1n) is 12.6. The molecule has 0 radical (unpaired) electrons. The van der Waals surface area contributed by atoms with Gasteiger partial charge in [-0.1, -0.05) is 6.92 Å². The van der Waals surface area contributed by atoms with Crippen molar-refractivity contribution < 1.29 is 4.79 Å². The van der Waals surface area contributed by atoms with Crippen molar-refractivity contribution in [2.24, 2.45) is 5.41 Å². The van der Waals surface area contributed by atoms with Crippen LogP contribution in [0, 0.1) is 5.41 Å². The largest absolute Gasteiger partial charge is 0.359 e. The summed E-state index contributed by atoms with van der Waals surface area (Å²) >= 11 is 3.56. The predicted molar refractivity (Wildman–Crippen MR) is 146 cm³/mol. The number of fused-ring (bicyclic) bond motifs is 2. The van der Waals surface area contributed by atoms with Crippen molar-refractivity contribution >= 4 is 55.7 Å². The molecular weight excluding hydrogens is 536 g/mol. The van der Waals surface area contributed by atoms with Crippen LogP contribution >= 0.6 is 15.9 Å². The summed E-state index contributed by atoms with van der Waals surface area (Å²) in [4.78, 5) is 33.2. The second-order valence-corrected chi connectivity index (χ2v) is 10.8. The summed E-state index contributed by atoms with van der Waals surface area (Å²) in [7, 11) is 1.69. The molecule has 1 aliphatic heterocycles. The van der Waals surface area contributed by atoms with Crippen LogP contribution in [0.1, 0.15) is 26.2 Å². The molecule has 6 rings (SSSR count). The Morgan fingerprint density at radius 3 is 2.84 bits per heavy atom. The lowest BCUT2D eigenvalue weighted by Gasteiger charge is -2.27. The molecule has 37 heavy (non-hydrogen) atoms. The Bertz CT molecular complexity index is 1480. The number of hydrogen-bond donors (Lipinski definition) is 3. The van der Waals surface area contributed by atoms with Crippen LogP contribution in [0.4, 0.5) is 11.9 Å². The smallest absolute Gasteiger partial charge is 0.225 e. The van der Waals surface area contributed by atoms with Gasteiger partial charge in [0, 0.05) is 62.5 Å². The number of rotatable bonds is 5. The van der Waals surface area contributed by atoms with E-state index in [-0.39, 0.29) is 17.4 Å². The molecule has 0 spiro atoms. The van der Waals surface area contributed by atoms with Crippen LogP contribution in [0.2, 0.25) is 0 Å². The fourth-order valence-corrected chi connectivity index (χ4v) is 5.77. The zero-order valence-electron chi connectivity index (χ0n) is 20.8. The summed E-state index contributed by atoms with van der Waals surface area (Å²) in [6, 6.07) is 6.15. The topological polar surface area (TPSA) is 126 Å². The first-order valence-corrected chi connectivity index (χ1v) is 13.4. The monoisotopic (exact) mass is 564 g/mol. The van der Waals surface area contributed by atoms with Gasteiger partial charge in [-0.3, -0.25) is 4.79 Å². The van der Waals surface area contributed by atoms with Crippen LogP contribution in [-0.4, -0.2) is 74.9 Å². The number of aromatic nitrogens is 6. The molecule has 11 nitrogen and oxygen atoms in total. The van der Waals surface area contributed by atoms with E-state index in [2.05, 4.69) is 51.8 Å². The standard InChI is InChI=1S/C25H29BrN10O/c1-25(22(37)27-2)6-5-16(12-25)31-23-29-14-18-20(26)34-36(21(18)33-23)17-3-4-19-15(11-17)13-30-24(32-19)35-9-7-28-8-10-35/h3-4,11,13-14,16,28H,5-10,12H2,1-2H3,(H,27,37)(H,29,31,33)/t16-,25-/m1/s1. The Kier molecular flexibility index (Phi) is 6.15. The summed E-state index contributed by atoms with van der Waals surface area (Å²) < 4.78 is 2.48. The number of hydrogen-bond acceptors (Lipinski definition) is 9. The Morgan fingerprint density at radius 2 is 2.03 bits per heavy atom. The molecule has 2 fully saturated rings. The number of nitrogens with zero attached hydrogens (tertiary/aromatic N) is 7. The van der Waals surface area contributed by atoms with Crippen molar-refractivity contribution in [1.82, 2.24) is 40.3 Å². The fraction of sp³-hybridized carbons (Fsp3) is 0.440.